The largest absolute Gasteiger partial charge is 0.481 e. The Bertz CT molecular complexity index is 428. The molecule has 4 rings (SSSR count). The molecule has 0 aromatic heterocycles. The highest BCUT2D eigenvalue weighted by atomic mass is 16.4. The van der Waals surface area contributed by atoms with E-state index in [2.05, 4.69) is 12.2 Å². The van der Waals surface area contributed by atoms with Crippen molar-refractivity contribution in [1.82, 2.24) is 10.2 Å². The number of nitrogens with zero attached hydrogens (tertiary/aromatic N) is 1. The Morgan fingerprint density at radius 2 is 1.68 bits per heavy atom. The molecule has 4 fully saturated rings. The molecule has 0 saturated heterocycles. The lowest BCUT2D eigenvalue weighted by Crippen LogP contribution is -2.57. The number of hydrogen-bond acceptors (Lipinski definition) is 2. The van der Waals surface area contributed by atoms with Crippen LogP contribution < -0.4 is 5.32 Å². The second kappa shape index (κ2) is 5.74. The fourth-order valence-electron chi connectivity index (χ4n) is 5.52. The van der Waals surface area contributed by atoms with Gasteiger partial charge in [-0.15, -0.1) is 0 Å². The molecule has 0 aromatic rings. The van der Waals surface area contributed by atoms with Crippen LogP contribution in [-0.4, -0.2) is 41.6 Å². The smallest absolute Gasteiger partial charge is 0.317 e. The first-order chi connectivity index (χ1) is 10.4. The van der Waals surface area contributed by atoms with Crippen LogP contribution in [-0.2, 0) is 4.79 Å². The summed E-state index contributed by atoms with van der Waals surface area (Å²) in [5.41, 5.74) is 0.290. The SMILES string of the molecule is CC(NC(=O)N(C)CCC(=O)O)C12CC3CC(CC(C3)C1)C2. The molecule has 0 radical (unpaired) electrons. The van der Waals surface area contributed by atoms with Gasteiger partial charge in [0.25, 0.3) is 0 Å². The molecule has 124 valence electrons. The first-order valence-electron chi connectivity index (χ1n) is 8.61. The number of amides is 2. The molecule has 1 atom stereocenters. The second-order valence-electron chi connectivity index (χ2n) is 8.02. The van der Waals surface area contributed by atoms with E-state index in [-0.39, 0.29) is 30.5 Å². The summed E-state index contributed by atoms with van der Waals surface area (Å²) in [5.74, 6) is 1.75. The van der Waals surface area contributed by atoms with Crippen molar-refractivity contribution >= 4 is 12.0 Å². The van der Waals surface area contributed by atoms with E-state index >= 15 is 0 Å². The van der Waals surface area contributed by atoms with Crippen LogP contribution in [0.3, 0.4) is 0 Å². The number of rotatable bonds is 5. The topological polar surface area (TPSA) is 69.6 Å². The fourth-order valence-corrected chi connectivity index (χ4v) is 5.52. The van der Waals surface area contributed by atoms with Gasteiger partial charge in [0, 0.05) is 19.6 Å². The van der Waals surface area contributed by atoms with E-state index in [4.69, 9.17) is 5.11 Å². The maximum Gasteiger partial charge on any atom is 0.317 e. The summed E-state index contributed by atoms with van der Waals surface area (Å²) in [4.78, 5) is 24.4. The van der Waals surface area contributed by atoms with Gasteiger partial charge in [0.2, 0.25) is 0 Å². The molecule has 4 aliphatic rings. The number of hydrogen-bond donors (Lipinski definition) is 2. The lowest BCUT2D eigenvalue weighted by Gasteiger charge is -2.59. The van der Waals surface area contributed by atoms with Gasteiger partial charge in [0.15, 0.2) is 0 Å². The van der Waals surface area contributed by atoms with Crippen molar-refractivity contribution in [3.63, 3.8) is 0 Å². The molecule has 0 aromatic carbocycles. The molecular formula is C17H28N2O3. The van der Waals surface area contributed by atoms with Gasteiger partial charge in [-0.2, -0.15) is 0 Å². The van der Waals surface area contributed by atoms with Gasteiger partial charge in [-0.3, -0.25) is 4.79 Å². The van der Waals surface area contributed by atoms with Crippen molar-refractivity contribution in [2.24, 2.45) is 23.2 Å². The molecule has 0 heterocycles. The van der Waals surface area contributed by atoms with Crippen molar-refractivity contribution in [2.75, 3.05) is 13.6 Å². The number of carbonyl (C=O) groups is 2. The van der Waals surface area contributed by atoms with Crippen molar-refractivity contribution in [1.29, 1.82) is 0 Å². The van der Waals surface area contributed by atoms with E-state index < -0.39 is 5.97 Å². The van der Waals surface area contributed by atoms with E-state index in [0.717, 1.165) is 17.8 Å². The van der Waals surface area contributed by atoms with Gasteiger partial charge in [0.05, 0.1) is 6.42 Å². The fraction of sp³-hybridized carbons (Fsp3) is 0.882. The number of carboxylic acid groups (broad SMARTS) is 1. The lowest BCUT2D eigenvalue weighted by molar-refractivity contribution is -0.137. The molecule has 0 spiro atoms. The van der Waals surface area contributed by atoms with Gasteiger partial charge in [0.1, 0.15) is 0 Å². The van der Waals surface area contributed by atoms with Crippen LogP contribution >= 0.6 is 0 Å². The standard InChI is InChI=1S/C17H28N2O3/c1-11(18-16(22)19(2)4-3-15(20)21)17-8-12-5-13(9-17)7-14(6-12)10-17/h11-14H,3-10H2,1-2H3,(H,18,22)(H,20,21). The zero-order valence-electron chi connectivity index (χ0n) is 13.7. The molecular weight excluding hydrogens is 280 g/mol. The third kappa shape index (κ3) is 2.95. The Labute approximate surface area is 132 Å². The van der Waals surface area contributed by atoms with Crippen molar-refractivity contribution in [3.05, 3.63) is 0 Å². The Kier molecular flexibility index (Phi) is 4.08. The van der Waals surface area contributed by atoms with Crippen LogP contribution in [0.2, 0.25) is 0 Å². The molecule has 2 N–H and O–H groups in total. The maximum absolute atomic E-state index is 12.3. The third-order valence-corrected chi connectivity index (χ3v) is 6.35. The van der Waals surface area contributed by atoms with Crippen LogP contribution in [0.1, 0.15) is 51.9 Å². The lowest BCUT2D eigenvalue weighted by atomic mass is 9.48. The van der Waals surface area contributed by atoms with E-state index in [0.29, 0.717) is 0 Å². The van der Waals surface area contributed by atoms with Crippen molar-refractivity contribution in [2.45, 2.75) is 57.9 Å². The first kappa shape index (κ1) is 15.6. The van der Waals surface area contributed by atoms with Crippen LogP contribution in [0.5, 0.6) is 0 Å². The van der Waals surface area contributed by atoms with Crippen molar-refractivity contribution < 1.29 is 14.7 Å². The highest BCUT2D eigenvalue weighted by Crippen LogP contribution is 2.61. The summed E-state index contributed by atoms with van der Waals surface area (Å²) in [6.07, 6.45) is 7.99. The molecule has 4 saturated carbocycles. The zero-order chi connectivity index (χ0) is 15.9. The molecule has 5 heteroatoms. The highest BCUT2D eigenvalue weighted by Gasteiger charge is 2.53. The summed E-state index contributed by atoms with van der Waals surface area (Å²) in [6.45, 7) is 2.41. The van der Waals surface area contributed by atoms with Gasteiger partial charge in [-0.1, -0.05) is 0 Å². The molecule has 5 nitrogen and oxygen atoms in total. The summed E-state index contributed by atoms with van der Waals surface area (Å²) < 4.78 is 0. The minimum Gasteiger partial charge on any atom is -0.481 e. The summed E-state index contributed by atoms with van der Waals surface area (Å²) >= 11 is 0. The summed E-state index contributed by atoms with van der Waals surface area (Å²) in [5, 5.41) is 11.9. The third-order valence-electron chi connectivity index (χ3n) is 6.35. The van der Waals surface area contributed by atoms with Crippen LogP contribution in [0.25, 0.3) is 0 Å². The van der Waals surface area contributed by atoms with Gasteiger partial charge < -0.3 is 15.3 Å². The normalized spacial score (nSPS) is 36.9. The molecule has 22 heavy (non-hydrogen) atoms. The Hall–Kier alpha value is -1.26. The molecule has 0 aliphatic heterocycles. The molecule has 4 bridgehead atoms. The van der Waals surface area contributed by atoms with Gasteiger partial charge in [-0.25, -0.2) is 4.79 Å². The minimum absolute atomic E-state index is 0.00430. The average molecular weight is 308 g/mol. The number of urea groups is 1. The number of nitrogens with one attached hydrogen (secondary N) is 1. The second-order valence-corrected chi connectivity index (χ2v) is 8.02. The molecule has 4 aliphatic carbocycles. The molecule has 1 unspecified atom stereocenters. The first-order valence-corrected chi connectivity index (χ1v) is 8.61. The number of aliphatic carboxylic acids is 1. The monoisotopic (exact) mass is 308 g/mol. The Balaban J connectivity index is 1.58. The van der Waals surface area contributed by atoms with E-state index in [1.807, 2.05) is 0 Å². The molecule has 2 amide bonds. The maximum atomic E-state index is 12.3. The minimum atomic E-state index is -0.867. The van der Waals surface area contributed by atoms with Gasteiger partial charge >= 0.3 is 12.0 Å². The zero-order valence-corrected chi connectivity index (χ0v) is 13.7. The van der Waals surface area contributed by atoms with E-state index in [1.54, 1.807) is 7.05 Å². The highest BCUT2D eigenvalue weighted by molar-refractivity contribution is 5.75. The predicted octanol–water partition coefficient (Wildman–Crippen LogP) is 2.71. The predicted molar refractivity (Wildman–Crippen MR) is 83.5 cm³/mol. The van der Waals surface area contributed by atoms with Crippen LogP contribution in [0.15, 0.2) is 0 Å². The summed E-state index contributed by atoms with van der Waals surface area (Å²) in [6, 6.07) is 0.0465. The van der Waals surface area contributed by atoms with Crippen LogP contribution in [0, 0.1) is 23.2 Å². The number of carboxylic acids is 1. The van der Waals surface area contributed by atoms with E-state index in [1.165, 1.54) is 43.4 Å². The summed E-state index contributed by atoms with van der Waals surface area (Å²) in [7, 11) is 1.67. The van der Waals surface area contributed by atoms with Crippen LogP contribution in [0.4, 0.5) is 4.79 Å². The van der Waals surface area contributed by atoms with Gasteiger partial charge in [-0.05, 0) is 68.6 Å². The van der Waals surface area contributed by atoms with E-state index in [9.17, 15) is 9.59 Å². The Morgan fingerprint density at radius 3 is 2.14 bits per heavy atom. The number of carbonyl (C=O) groups excluding carboxylic acids is 1. The van der Waals surface area contributed by atoms with Crippen molar-refractivity contribution in [3.8, 4) is 0 Å². The Morgan fingerprint density at radius 1 is 1.18 bits per heavy atom. The average Bonchev–Trinajstić information content (AvgIpc) is 2.43. The quantitative estimate of drug-likeness (QED) is 0.820.